The predicted octanol–water partition coefficient (Wildman–Crippen LogP) is 10.1. The molecule has 6 aromatic carbocycles. The van der Waals surface area contributed by atoms with Crippen molar-refractivity contribution in [3.63, 3.8) is 0 Å². The monoisotopic (exact) mass is 623 g/mol. The highest BCUT2D eigenvalue weighted by Crippen LogP contribution is 2.63. The number of hydrogen-bond donors (Lipinski definition) is 0. The molecule has 1 aliphatic heterocycles. The van der Waals surface area contributed by atoms with Gasteiger partial charge in [-0.05, 0) is 69.8 Å². The van der Waals surface area contributed by atoms with Gasteiger partial charge in [0, 0.05) is 23.2 Å². The highest BCUT2D eigenvalue weighted by atomic mass is 15.2. The van der Waals surface area contributed by atoms with E-state index in [0.717, 1.165) is 44.3 Å². The van der Waals surface area contributed by atoms with Crippen molar-refractivity contribution in [1.29, 1.82) is 10.5 Å². The minimum Gasteiger partial charge on any atom is -0.308 e. The molecule has 5 heteroatoms. The molecule has 5 nitrogen and oxygen atoms in total. The third-order valence-electron chi connectivity index (χ3n) is 10.4. The largest absolute Gasteiger partial charge is 0.308 e. The van der Waals surface area contributed by atoms with Gasteiger partial charge in [-0.2, -0.15) is 10.5 Å². The summed E-state index contributed by atoms with van der Waals surface area (Å²) in [5.74, 6) is 0. The van der Waals surface area contributed by atoms with Crippen LogP contribution >= 0.6 is 0 Å². The van der Waals surface area contributed by atoms with Crippen LogP contribution in [0.2, 0.25) is 0 Å². The van der Waals surface area contributed by atoms with Crippen molar-refractivity contribution in [3.8, 4) is 29.0 Å². The molecule has 3 heterocycles. The first kappa shape index (κ1) is 27.2. The van der Waals surface area contributed by atoms with E-state index in [2.05, 4.69) is 136 Å². The Morgan fingerprint density at radius 3 is 1.67 bits per heavy atom. The van der Waals surface area contributed by atoms with E-state index in [9.17, 15) is 10.5 Å². The van der Waals surface area contributed by atoms with Gasteiger partial charge in [0.05, 0.1) is 50.3 Å². The summed E-state index contributed by atoms with van der Waals surface area (Å²) in [6, 6.07) is 53.4. The summed E-state index contributed by atoms with van der Waals surface area (Å²) in [7, 11) is 0. The molecule has 1 aliphatic carbocycles. The van der Waals surface area contributed by atoms with Crippen LogP contribution in [0.4, 0.5) is 17.1 Å². The summed E-state index contributed by atoms with van der Waals surface area (Å²) >= 11 is 0. The summed E-state index contributed by atoms with van der Waals surface area (Å²) in [5, 5.41) is 23.3. The van der Waals surface area contributed by atoms with Gasteiger partial charge < -0.3 is 9.47 Å². The van der Waals surface area contributed by atoms with Crippen LogP contribution in [0.25, 0.3) is 38.6 Å². The summed E-state index contributed by atoms with van der Waals surface area (Å²) in [4.78, 5) is 6.64. The molecule has 0 saturated heterocycles. The molecule has 10 rings (SSSR count). The second-order valence-corrected chi connectivity index (χ2v) is 12.6. The Kier molecular flexibility index (Phi) is 5.56. The SMILES string of the molecule is N#Cc1cc(C#N)c(-n2c3ccccc3c3cnccc32)cc1N1c2ccccc2C2(c3ccccc3-c3ccccc32)c2ccccc21. The van der Waals surface area contributed by atoms with Crippen molar-refractivity contribution in [2.24, 2.45) is 0 Å². The van der Waals surface area contributed by atoms with Gasteiger partial charge >= 0.3 is 0 Å². The Labute approximate surface area is 282 Å². The van der Waals surface area contributed by atoms with Crippen molar-refractivity contribution < 1.29 is 0 Å². The summed E-state index contributed by atoms with van der Waals surface area (Å²) in [6.45, 7) is 0. The van der Waals surface area contributed by atoms with E-state index in [0.29, 0.717) is 22.5 Å². The van der Waals surface area contributed by atoms with Crippen molar-refractivity contribution >= 4 is 38.9 Å². The van der Waals surface area contributed by atoms with Crippen LogP contribution in [0, 0.1) is 22.7 Å². The summed E-state index contributed by atoms with van der Waals surface area (Å²) in [6.07, 6.45) is 3.65. The van der Waals surface area contributed by atoms with E-state index in [1.165, 1.54) is 22.3 Å². The maximum Gasteiger partial charge on any atom is 0.101 e. The quantitative estimate of drug-likeness (QED) is 0.192. The zero-order chi connectivity index (χ0) is 32.7. The lowest BCUT2D eigenvalue weighted by molar-refractivity contribution is 0.752. The van der Waals surface area contributed by atoms with Gasteiger partial charge in [0.2, 0.25) is 0 Å². The van der Waals surface area contributed by atoms with Crippen LogP contribution in [-0.2, 0) is 5.41 Å². The minimum absolute atomic E-state index is 0.425. The van der Waals surface area contributed by atoms with E-state index in [4.69, 9.17) is 0 Å². The van der Waals surface area contributed by atoms with Crippen molar-refractivity contribution in [2.75, 3.05) is 4.90 Å². The molecule has 0 atom stereocenters. The Hall–Kier alpha value is -6.95. The van der Waals surface area contributed by atoms with Crippen LogP contribution in [0.15, 0.2) is 152 Å². The fourth-order valence-electron chi connectivity index (χ4n) is 8.52. The maximum atomic E-state index is 10.7. The molecule has 1 spiro atoms. The Bertz CT molecular complexity index is 2630. The molecule has 0 fully saturated rings. The lowest BCUT2D eigenvalue weighted by Crippen LogP contribution is -2.36. The number of anilines is 3. The molecular formula is C44H25N5. The maximum absolute atomic E-state index is 10.7. The molecule has 0 saturated carbocycles. The van der Waals surface area contributed by atoms with E-state index < -0.39 is 5.41 Å². The topological polar surface area (TPSA) is 68.6 Å². The number of aromatic nitrogens is 2. The molecular weight excluding hydrogens is 599 g/mol. The van der Waals surface area contributed by atoms with Crippen LogP contribution in [-0.4, -0.2) is 9.55 Å². The molecule has 0 radical (unpaired) electrons. The molecule has 49 heavy (non-hydrogen) atoms. The van der Waals surface area contributed by atoms with Gasteiger partial charge in [-0.3, -0.25) is 4.98 Å². The van der Waals surface area contributed by atoms with Gasteiger partial charge in [0.1, 0.15) is 12.1 Å². The van der Waals surface area contributed by atoms with Gasteiger partial charge in [0.15, 0.2) is 0 Å². The van der Waals surface area contributed by atoms with Gasteiger partial charge in [-0.1, -0.05) is 103 Å². The highest BCUT2D eigenvalue weighted by Gasteiger charge is 2.51. The standard InChI is InChI=1S/C44H25N5/c45-25-28-23-29(26-46)43(24-42(28)48-38-18-8-3-13-32(38)33-27-47-22-21-39(33)48)49-40-19-9-6-16-36(40)44(37-17-7-10-20-41(37)49)34-14-4-1-11-30(34)31-12-2-5-15-35(31)44/h1-24,27H. The van der Waals surface area contributed by atoms with Crippen molar-refractivity contribution in [2.45, 2.75) is 5.41 Å². The first-order chi connectivity index (χ1) is 24.3. The average Bonchev–Trinajstić information content (AvgIpc) is 3.66. The van der Waals surface area contributed by atoms with Gasteiger partial charge in [-0.25, -0.2) is 0 Å². The summed E-state index contributed by atoms with van der Waals surface area (Å²) in [5.41, 5.74) is 12.9. The molecule has 2 aromatic heterocycles. The molecule has 2 aliphatic rings. The van der Waals surface area contributed by atoms with E-state index >= 15 is 0 Å². The van der Waals surface area contributed by atoms with Gasteiger partial charge in [-0.15, -0.1) is 0 Å². The zero-order valence-electron chi connectivity index (χ0n) is 26.2. The predicted molar refractivity (Wildman–Crippen MR) is 194 cm³/mol. The van der Waals surface area contributed by atoms with Crippen molar-refractivity contribution in [1.82, 2.24) is 9.55 Å². The fourth-order valence-corrected chi connectivity index (χ4v) is 8.52. The first-order valence-electron chi connectivity index (χ1n) is 16.3. The smallest absolute Gasteiger partial charge is 0.101 e. The molecule has 0 bridgehead atoms. The van der Waals surface area contributed by atoms with E-state index in [1.54, 1.807) is 12.3 Å². The van der Waals surface area contributed by atoms with Gasteiger partial charge in [0.25, 0.3) is 0 Å². The second-order valence-electron chi connectivity index (χ2n) is 12.6. The number of hydrogen-bond acceptors (Lipinski definition) is 4. The highest BCUT2D eigenvalue weighted by molar-refractivity contribution is 6.09. The minimum atomic E-state index is -0.557. The Morgan fingerprint density at radius 1 is 0.490 bits per heavy atom. The normalized spacial score (nSPS) is 13.4. The second kappa shape index (κ2) is 10.0. The molecule has 226 valence electrons. The number of benzene rings is 6. The van der Waals surface area contributed by atoms with Crippen molar-refractivity contribution in [3.05, 3.63) is 185 Å². The summed E-state index contributed by atoms with van der Waals surface area (Å²) < 4.78 is 2.13. The van der Waals surface area contributed by atoms with Crippen LogP contribution in [0.5, 0.6) is 0 Å². The first-order valence-corrected chi connectivity index (χ1v) is 16.3. The molecule has 8 aromatic rings. The molecule has 0 amide bonds. The van der Waals surface area contributed by atoms with Crippen LogP contribution in [0.1, 0.15) is 33.4 Å². The Balaban J connectivity index is 1.31. The number of nitriles is 2. The third-order valence-corrected chi connectivity index (χ3v) is 10.4. The third kappa shape index (κ3) is 3.43. The van der Waals surface area contributed by atoms with Crippen LogP contribution < -0.4 is 4.90 Å². The number of pyridine rings is 1. The van der Waals surface area contributed by atoms with Crippen LogP contribution in [0.3, 0.4) is 0 Å². The van der Waals surface area contributed by atoms with E-state index in [1.807, 2.05) is 30.5 Å². The lowest BCUT2D eigenvalue weighted by Gasteiger charge is -2.45. The molecule has 0 unspecified atom stereocenters. The average molecular weight is 624 g/mol. The Morgan fingerprint density at radius 2 is 1.02 bits per heavy atom. The number of nitrogens with zero attached hydrogens (tertiary/aromatic N) is 5. The number of para-hydroxylation sites is 3. The number of rotatable bonds is 2. The van der Waals surface area contributed by atoms with E-state index in [-0.39, 0.29) is 0 Å². The fraction of sp³-hybridized carbons (Fsp3) is 0.0227. The zero-order valence-corrected chi connectivity index (χ0v) is 26.2. The number of fused-ring (bicyclic) bond motifs is 12. The molecule has 0 N–H and O–H groups in total. The lowest BCUT2D eigenvalue weighted by atomic mass is 9.64.